The van der Waals surface area contributed by atoms with Crippen LogP contribution in [0.2, 0.25) is 0 Å². The number of benzene rings is 2. The molecule has 0 unspecified atom stereocenters. The predicted molar refractivity (Wildman–Crippen MR) is 101 cm³/mol. The maximum atomic E-state index is 12.2. The van der Waals surface area contributed by atoms with Crippen molar-refractivity contribution in [1.82, 2.24) is 4.90 Å². The maximum Gasteiger partial charge on any atom is 0.225 e. The van der Waals surface area contributed by atoms with Crippen LogP contribution in [0.3, 0.4) is 0 Å². The average molecular weight is 344 g/mol. The second kappa shape index (κ2) is 9.35. The van der Waals surface area contributed by atoms with Crippen molar-refractivity contribution in [3.8, 4) is 5.75 Å². The number of hydrogen-bond donors (Lipinski definition) is 1. The number of carbonyl (C=O) groups excluding carboxylic acids is 1. The molecule has 24 heavy (non-hydrogen) atoms. The van der Waals surface area contributed by atoms with Gasteiger partial charge in [-0.1, -0.05) is 24.3 Å². The Morgan fingerprint density at radius 3 is 2.75 bits per heavy atom. The van der Waals surface area contributed by atoms with Gasteiger partial charge in [0.25, 0.3) is 0 Å². The normalized spacial score (nSPS) is 10.7. The van der Waals surface area contributed by atoms with Crippen molar-refractivity contribution in [3.63, 3.8) is 0 Å². The Morgan fingerprint density at radius 1 is 1.21 bits per heavy atom. The quantitative estimate of drug-likeness (QED) is 0.738. The molecule has 0 fully saturated rings. The molecule has 4 nitrogen and oxygen atoms in total. The molecule has 2 aromatic carbocycles. The smallest absolute Gasteiger partial charge is 0.225 e. The average Bonchev–Trinajstić information content (AvgIpc) is 2.60. The van der Waals surface area contributed by atoms with Gasteiger partial charge in [-0.15, -0.1) is 11.8 Å². The number of carbonyl (C=O) groups is 1. The van der Waals surface area contributed by atoms with Crippen LogP contribution in [0, 0.1) is 0 Å². The SMILES string of the molecule is COc1cccc(CN(C)CCC(=O)Nc2ccccc2SC)c1. The highest BCUT2D eigenvalue weighted by Crippen LogP contribution is 2.24. The molecule has 0 aromatic heterocycles. The number of para-hydroxylation sites is 1. The van der Waals surface area contributed by atoms with Crippen molar-refractivity contribution in [3.05, 3.63) is 54.1 Å². The molecule has 0 bridgehead atoms. The summed E-state index contributed by atoms with van der Waals surface area (Å²) >= 11 is 1.63. The monoisotopic (exact) mass is 344 g/mol. The Hall–Kier alpha value is -1.98. The van der Waals surface area contributed by atoms with Crippen molar-refractivity contribution in [2.24, 2.45) is 0 Å². The first-order valence-corrected chi connectivity index (χ1v) is 9.09. The lowest BCUT2D eigenvalue weighted by molar-refractivity contribution is -0.116. The summed E-state index contributed by atoms with van der Waals surface area (Å²) in [4.78, 5) is 15.4. The summed E-state index contributed by atoms with van der Waals surface area (Å²) in [6.07, 6.45) is 2.47. The van der Waals surface area contributed by atoms with Crippen molar-refractivity contribution >= 4 is 23.4 Å². The van der Waals surface area contributed by atoms with Gasteiger partial charge in [0.05, 0.1) is 12.8 Å². The molecule has 128 valence electrons. The molecule has 2 aromatic rings. The van der Waals surface area contributed by atoms with Crippen LogP contribution in [-0.4, -0.2) is 37.8 Å². The van der Waals surface area contributed by atoms with Crippen LogP contribution in [0.25, 0.3) is 0 Å². The first-order chi connectivity index (χ1) is 11.6. The third-order valence-electron chi connectivity index (χ3n) is 3.69. The molecule has 0 aliphatic heterocycles. The van der Waals surface area contributed by atoms with E-state index in [1.807, 2.05) is 55.8 Å². The number of hydrogen-bond acceptors (Lipinski definition) is 4. The molecule has 0 radical (unpaired) electrons. The van der Waals surface area contributed by atoms with Gasteiger partial charge in [0, 0.05) is 24.4 Å². The fraction of sp³-hybridized carbons (Fsp3) is 0.316. The summed E-state index contributed by atoms with van der Waals surface area (Å²) in [5.74, 6) is 0.890. The van der Waals surface area contributed by atoms with E-state index in [9.17, 15) is 4.79 Å². The number of ether oxygens (including phenoxy) is 1. The summed E-state index contributed by atoms with van der Waals surface area (Å²) in [6, 6.07) is 15.8. The number of nitrogens with one attached hydrogen (secondary N) is 1. The van der Waals surface area contributed by atoms with Crippen LogP contribution in [-0.2, 0) is 11.3 Å². The third kappa shape index (κ3) is 5.58. The lowest BCUT2D eigenvalue weighted by Gasteiger charge is -2.17. The van der Waals surface area contributed by atoms with Gasteiger partial charge >= 0.3 is 0 Å². The van der Waals surface area contributed by atoms with Gasteiger partial charge in [-0.3, -0.25) is 4.79 Å². The highest BCUT2D eigenvalue weighted by Gasteiger charge is 2.08. The van der Waals surface area contributed by atoms with Gasteiger partial charge in [0.15, 0.2) is 0 Å². The van der Waals surface area contributed by atoms with E-state index >= 15 is 0 Å². The number of rotatable bonds is 8. The Bertz CT molecular complexity index is 676. The Labute approximate surface area is 148 Å². The van der Waals surface area contributed by atoms with Crippen molar-refractivity contribution < 1.29 is 9.53 Å². The summed E-state index contributed by atoms with van der Waals surface area (Å²) in [5, 5.41) is 2.99. The molecule has 1 N–H and O–H groups in total. The van der Waals surface area contributed by atoms with Crippen LogP contribution < -0.4 is 10.1 Å². The Morgan fingerprint density at radius 2 is 2.00 bits per heavy atom. The highest BCUT2D eigenvalue weighted by atomic mass is 32.2. The zero-order chi connectivity index (χ0) is 17.4. The van der Waals surface area contributed by atoms with Gasteiger partial charge in [-0.2, -0.15) is 0 Å². The molecular weight excluding hydrogens is 320 g/mol. The number of thioether (sulfide) groups is 1. The minimum absolute atomic E-state index is 0.0361. The van der Waals surface area contributed by atoms with Crippen LogP contribution >= 0.6 is 11.8 Å². The standard InChI is InChI=1S/C19H24N2O2S/c1-21(14-15-7-6-8-16(13-15)23-2)12-11-19(22)20-17-9-4-5-10-18(17)24-3/h4-10,13H,11-12,14H2,1-3H3,(H,20,22). The van der Waals surface area contributed by atoms with Gasteiger partial charge in [-0.05, 0) is 43.1 Å². The van der Waals surface area contributed by atoms with E-state index in [4.69, 9.17) is 4.74 Å². The van der Waals surface area contributed by atoms with Crippen LogP contribution in [0.4, 0.5) is 5.69 Å². The molecule has 0 aliphatic carbocycles. The largest absolute Gasteiger partial charge is 0.497 e. The highest BCUT2D eigenvalue weighted by molar-refractivity contribution is 7.98. The van der Waals surface area contributed by atoms with Gasteiger partial charge in [0.1, 0.15) is 5.75 Å². The molecule has 1 amide bonds. The number of amides is 1. The molecule has 0 saturated heterocycles. The van der Waals surface area contributed by atoms with E-state index in [0.717, 1.165) is 22.9 Å². The molecular formula is C19H24N2O2S. The third-order valence-corrected chi connectivity index (χ3v) is 4.48. The maximum absolute atomic E-state index is 12.2. The van der Waals surface area contributed by atoms with Gasteiger partial charge in [-0.25, -0.2) is 0 Å². The second-order valence-corrected chi connectivity index (χ2v) is 6.44. The molecule has 5 heteroatoms. The van der Waals surface area contributed by atoms with E-state index in [1.54, 1.807) is 18.9 Å². The van der Waals surface area contributed by atoms with Crippen LogP contribution in [0.5, 0.6) is 5.75 Å². The van der Waals surface area contributed by atoms with Gasteiger partial charge in [0.2, 0.25) is 5.91 Å². The van der Waals surface area contributed by atoms with E-state index in [0.29, 0.717) is 13.0 Å². The molecule has 0 saturated carbocycles. The molecule has 0 atom stereocenters. The lowest BCUT2D eigenvalue weighted by atomic mass is 10.2. The topological polar surface area (TPSA) is 41.6 Å². The van der Waals surface area contributed by atoms with Crippen molar-refractivity contribution in [1.29, 1.82) is 0 Å². The van der Waals surface area contributed by atoms with E-state index < -0.39 is 0 Å². The molecule has 0 spiro atoms. The zero-order valence-corrected chi connectivity index (χ0v) is 15.2. The second-order valence-electron chi connectivity index (χ2n) is 5.59. The van der Waals surface area contributed by atoms with E-state index in [2.05, 4.69) is 16.3 Å². The van der Waals surface area contributed by atoms with Crippen molar-refractivity contribution in [2.45, 2.75) is 17.9 Å². The van der Waals surface area contributed by atoms with Crippen molar-refractivity contribution in [2.75, 3.05) is 32.3 Å². The van der Waals surface area contributed by atoms with E-state index in [-0.39, 0.29) is 5.91 Å². The minimum Gasteiger partial charge on any atom is -0.497 e. The summed E-state index contributed by atoms with van der Waals surface area (Å²) in [5.41, 5.74) is 2.05. The minimum atomic E-state index is 0.0361. The first kappa shape index (κ1) is 18.4. The number of nitrogens with zero attached hydrogens (tertiary/aromatic N) is 1. The van der Waals surface area contributed by atoms with E-state index in [1.165, 1.54) is 5.56 Å². The molecule has 2 rings (SSSR count). The molecule has 0 heterocycles. The summed E-state index contributed by atoms with van der Waals surface area (Å²) < 4.78 is 5.24. The number of anilines is 1. The fourth-order valence-electron chi connectivity index (χ4n) is 2.41. The first-order valence-electron chi connectivity index (χ1n) is 7.86. The van der Waals surface area contributed by atoms with Crippen LogP contribution in [0.1, 0.15) is 12.0 Å². The number of methoxy groups -OCH3 is 1. The Kier molecular flexibility index (Phi) is 7.15. The fourth-order valence-corrected chi connectivity index (χ4v) is 2.97. The molecule has 0 aliphatic rings. The predicted octanol–water partition coefficient (Wildman–Crippen LogP) is 3.88. The zero-order valence-electron chi connectivity index (χ0n) is 14.4. The Balaban J connectivity index is 1.82. The van der Waals surface area contributed by atoms with Gasteiger partial charge < -0.3 is 15.0 Å². The summed E-state index contributed by atoms with van der Waals surface area (Å²) in [6.45, 7) is 1.48. The van der Waals surface area contributed by atoms with Crippen LogP contribution in [0.15, 0.2) is 53.4 Å². The lowest BCUT2D eigenvalue weighted by Crippen LogP contribution is -2.24. The summed E-state index contributed by atoms with van der Waals surface area (Å²) in [7, 11) is 3.68.